The van der Waals surface area contributed by atoms with Crippen LogP contribution in [0.25, 0.3) is 0 Å². The van der Waals surface area contributed by atoms with Crippen LogP contribution < -0.4 is 4.74 Å². The van der Waals surface area contributed by atoms with Crippen molar-refractivity contribution in [2.24, 2.45) is 5.41 Å². The number of piperidine rings is 1. The lowest BCUT2D eigenvalue weighted by molar-refractivity contribution is -0.153. The summed E-state index contributed by atoms with van der Waals surface area (Å²) in [7, 11) is 0. The van der Waals surface area contributed by atoms with E-state index in [1.54, 1.807) is 11.8 Å². The third-order valence-corrected chi connectivity index (χ3v) is 4.51. The molecule has 0 bridgehead atoms. The molecule has 23 heavy (non-hydrogen) atoms. The molecule has 0 aliphatic carbocycles. The van der Waals surface area contributed by atoms with Gasteiger partial charge in [0, 0.05) is 13.1 Å². The summed E-state index contributed by atoms with van der Waals surface area (Å²) < 4.78 is 5.73. The number of benzene rings is 1. The number of nitrogens with zero attached hydrogens (tertiary/aromatic N) is 1. The highest BCUT2D eigenvalue weighted by Crippen LogP contribution is 2.30. The van der Waals surface area contributed by atoms with Gasteiger partial charge in [0.15, 0.2) is 6.61 Å². The highest BCUT2D eigenvalue weighted by molar-refractivity contribution is 5.80. The fourth-order valence-corrected chi connectivity index (χ4v) is 3.25. The van der Waals surface area contributed by atoms with Gasteiger partial charge in [-0.05, 0) is 51.7 Å². The molecule has 5 nitrogen and oxygen atoms in total. The largest absolute Gasteiger partial charge is 0.483 e. The van der Waals surface area contributed by atoms with E-state index in [1.807, 2.05) is 32.9 Å². The van der Waals surface area contributed by atoms with Crippen LogP contribution in [0.5, 0.6) is 5.75 Å². The third kappa shape index (κ3) is 3.84. The van der Waals surface area contributed by atoms with Crippen LogP contribution in [0.1, 0.15) is 36.5 Å². The van der Waals surface area contributed by atoms with Crippen LogP contribution >= 0.6 is 0 Å². The van der Waals surface area contributed by atoms with Gasteiger partial charge in [0.25, 0.3) is 5.91 Å². The lowest BCUT2D eigenvalue weighted by atomic mass is 9.82. The predicted molar refractivity (Wildman–Crippen MR) is 87.7 cm³/mol. The number of hydrogen-bond donors (Lipinski definition) is 1. The first-order chi connectivity index (χ1) is 10.7. The maximum atomic E-state index is 12.4. The minimum absolute atomic E-state index is 0.0551. The normalized spacial score (nSPS) is 21.1. The van der Waals surface area contributed by atoms with Gasteiger partial charge in [0.2, 0.25) is 0 Å². The Kier molecular flexibility index (Phi) is 4.97. The molecule has 1 amide bonds. The average Bonchev–Trinajstić information content (AvgIpc) is 2.45. The molecule has 1 fully saturated rings. The number of aliphatic carboxylic acids is 1. The Labute approximate surface area is 137 Å². The number of aryl methyl sites for hydroxylation is 3. The molecule has 1 unspecified atom stereocenters. The maximum Gasteiger partial charge on any atom is 0.311 e. The number of amides is 1. The van der Waals surface area contributed by atoms with E-state index in [0.717, 1.165) is 22.4 Å². The van der Waals surface area contributed by atoms with Crippen molar-refractivity contribution in [3.8, 4) is 5.75 Å². The first kappa shape index (κ1) is 17.3. The second-order valence-corrected chi connectivity index (χ2v) is 6.80. The molecule has 5 heteroatoms. The van der Waals surface area contributed by atoms with Crippen molar-refractivity contribution in [1.82, 2.24) is 4.90 Å². The van der Waals surface area contributed by atoms with E-state index in [1.165, 1.54) is 0 Å². The van der Waals surface area contributed by atoms with Crippen LogP contribution in [-0.4, -0.2) is 41.6 Å². The van der Waals surface area contributed by atoms with Gasteiger partial charge in [-0.15, -0.1) is 0 Å². The standard InChI is InChI=1S/C18H25NO4/c1-12-8-13(2)16(14(3)9-12)23-10-15(20)19-7-5-6-18(4,11-19)17(21)22/h8-9H,5-7,10-11H2,1-4H3,(H,21,22). The summed E-state index contributed by atoms with van der Waals surface area (Å²) in [6.45, 7) is 8.43. The van der Waals surface area contributed by atoms with E-state index in [4.69, 9.17) is 4.74 Å². The molecular formula is C18H25NO4. The van der Waals surface area contributed by atoms with E-state index in [2.05, 4.69) is 0 Å². The van der Waals surface area contributed by atoms with E-state index < -0.39 is 11.4 Å². The van der Waals surface area contributed by atoms with E-state index in [0.29, 0.717) is 19.4 Å². The molecule has 0 spiro atoms. The molecule has 2 rings (SSSR count). The molecule has 1 atom stereocenters. The monoisotopic (exact) mass is 319 g/mol. The number of carbonyl (C=O) groups is 2. The van der Waals surface area contributed by atoms with Gasteiger partial charge in [0.1, 0.15) is 5.75 Å². The molecule has 0 aromatic heterocycles. The van der Waals surface area contributed by atoms with Crippen LogP contribution in [0.4, 0.5) is 0 Å². The topological polar surface area (TPSA) is 66.8 Å². The first-order valence-corrected chi connectivity index (χ1v) is 7.95. The summed E-state index contributed by atoms with van der Waals surface area (Å²) in [4.78, 5) is 25.4. The summed E-state index contributed by atoms with van der Waals surface area (Å²) in [5.41, 5.74) is 2.31. The molecule has 0 radical (unpaired) electrons. The number of carbonyl (C=O) groups excluding carboxylic acids is 1. The van der Waals surface area contributed by atoms with Crippen LogP contribution in [0, 0.1) is 26.2 Å². The van der Waals surface area contributed by atoms with Gasteiger partial charge in [-0.25, -0.2) is 0 Å². The van der Waals surface area contributed by atoms with E-state index >= 15 is 0 Å². The molecule has 1 heterocycles. The van der Waals surface area contributed by atoms with Crippen molar-refractivity contribution in [2.75, 3.05) is 19.7 Å². The van der Waals surface area contributed by atoms with Gasteiger partial charge in [-0.3, -0.25) is 9.59 Å². The quantitative estimate of drug-likeness (QED) is 0.926. The highest BCUT2D eigenvalue weighted by Gasteiger charge is 2.39. The molecule has 0 saturated carbocycles. The Morgan fingerprint density at radius 2 is 1.87 bits per heavy atom. The summed E-state index contributed by atoms with van der Waals surface area (Å²) in [5.74, 6) is -0.264. The van der Waals surface area contributed by atoms with E-state index in [-0.39, 0.29) is 19.1 Å². The summed E-state index contributed by atoms with van der Waals surface area (Å²) in [6.07, 6.45) is 1.31. The number of carboxylic acids is 1. The van der Waals surface area contributed by atoms with Crippen molar-refractivity contribution in [3.63, 3.8) is 0 Å². The minimum Gasteiger partial charge on any atom is -0.483 e. The molecule has 1 saturated heterocycles. The Balaban J connectivity index is 2.02. The molecule has 1 aliphatic rings. The average molecular weight is 319 g/mol. The number of rotatable bonds is 4. The molecule has 1 aromatic rings. The van der Waals surface area contributed by atoms with Crippen molar-refractivity contribution in [3.05, 3.63) is 28.8 Å². The van der Waals surface area contributed by atoms with Gasteiger partial charge in [-0.1, -0.05) is 17.7 Å². The minimum atomic E-state index is -0.858. The SMILES string of the molecule is Cc1cc(C)c(OCC(=O)N2CCCC(C)(C(=O)O)C2)c(C)c1. The Bertz CT molecular complexity index is 602. The van der Waals surface area contributed by atoms with Gasteiger partial charge in [-0.2, -0.15) is 0 Å². The molecule has 1 aromatic carbocycles. The predicted octanol–water partition coefficient (Wildman–Crippen LogP) is 2.70. The Morgan fingerprint density at radius 1 is 1.26 bits per heavy atom. The number of carboxylic acid groups (broad SMARTS) is 1. The fraction of sp³-hybridized carbons (Fsp3) is 0.556. The zero-order valence-corrected chi connectivity index (χ0v) is 14.3. The van der Waals surface area contributed by atoms with Crippen LogP contribution in [0.3, 0.4) is 0 Å². The lowest BCUT2D eigenvalue weighted by Gasteiger charge is -2.37. The second-order valence-electron chi connectivity index (χ2n) is 6.80. The Morgan fingerprint density at radius 3 is 2.43 bits per heavy atom. The van der Waals surface area contributed by atoms with Crippen molar-refractivity contribution >= 4 is 11.9 Å². The van der Waals surface area contributed by atoms with Gasteiger partial charge >= 0.3 is 5.97 Å². The Hall–Kier alpha value is -2.04. The first-order valence-electron chi connectivity index (χ1n) is 7.95. The number of ether oxygens (including phenoxy) is 1. The molecular weight excluding hydrogens is 294 g/mol. The van der Waals surface area contributed by atoms with Gasteiger partial charge < -0.3 is 14.7 Å². The van der Waals surface area contributed by atoms with Gasteiger partial charge in [0.05, 0.1) is 5.41 Å². The summed E-state index contributed by atoms with van der Waals surface area (Å²) >= 11 is 0. The van der Waals surface area contributed by atoms with Crippen LogP contribution in [0.2, 0.25) is 0 Å². The highest BCUT2D eigenvalue weighted by atomic mass is 16.5. The molecule has 126 valence electrons. The van der Waals surface area contributed by atoms with Crippen LogP contribution in [-0.2, 0) is 9.59 Å². The molecule has 1 N–H and O–H groups in total. The van der Waals surface area contributed by atoms with Crippen molar-refractivity contribution in [1.29, 1.82) is 0 Å². The zero-order valence-electron chi connectivity index (χ0n) is 14.3. The smallest absolute Gasteiger partial charge is 0.311 e. The lowest BCUT2D eigenvalue weighted by Crippen LogP contribution is -2.49. The molecule has 1 aliphatic heterocycles. The third-order valence-electron chi connectivity index (χ3n) is 4.51. The summed E-state index contributed by atoms with van der Waals surface area (Å²) in [6, 6.07) is 4.05. The summed E-state index contributed by atoms with van der Waals surface area (Å²) in [5, 5.41) is 9.33. The van der Waals surface area contributed by atoms with Crippen molar-refractivity contribution in [2.45, 2.75) is 40.5 Å². The fourth-order valence-electron chi connectivity index (χ4n) is 3.25. The number of hydrogen-bond acceptors (Lipinski definition) is 3. The second kappa shape index (κ2) is 6.60. The van der Waals surface area contributed by atoms with Crippen molar-refractivity contribution < 1.29 is 19.4 Å². The van der Waals surface area contributed by atoms with E-state index in [9.17, 15) is 14.7 Å². The van der Waals surface area contributed by atoms with Crippen LogP contribution in [0.15, 0.2) is 12.1 Å². The maximum absolute atomic E-state index is 12.4. The zero-order chi connectivity index (χ0) is 17.2. The number of likely N-dealkylation sites (tertiary alicyclic amines) is 1.